The molecule has 23 heavy (non-hydrogen) atoms. The molecule has 2 aliphatic rings. The molecule has 1 aliphatic carbocycles. The Morgan fingerprint density at radius 3 is 2.57 bits per heavy atom. The smallest absolute Gasteiger partial charge is 0.193 e. The third kappa shape index (κ3) is 3.07. The van der Waals surface area contributed by atoms with E-state index in [1.54, 1.807) is 7.11 Å². The number of Topliss-reactive ketones (excluding diaryl/α,β-unsaturated/α-hetero) is 1. The summed E-state index contributed by atoms with van der Waals surface area (Å²) in [6, 6.07) is 0. The van der Waals surface area contributed by atoms with Gasteiger partial charge in [-0.3, -0.25) is 4.79 Å². The summed E-state index contributed by atoms with van der Waals surface area (Å²) in [5, 5.41) is 11.1. The minimum atomic E-state index is -2.06. The summed E-state index contributed by atoms with van der Waals surface area (Å²) in [7, 11) is -0.494. The molecule has 0 spiro atoms. The molecule has 1 aliphatic heterocycles. The number of hydrogen-bond donors (Lipinski definition) is 1. The van der Waals surface area contributed by atoms with E-state index in [0.29, 0.717) is 0 Å². The van der Waals surface area contributed by atoms with Crippen molar-refractivity contribution >= 4 is 14.1 Å². The standard InChI is InChI=1S/C17H30O5Si/c1-11-8-12(9-20-5)17(19)13(18)10-21-15(17)14(11)22-23(6,7)16(2,3)4/h8,12,14-15,19H,9-10H2,1-7H3/t12-,14+,15+,17-/m1/s1. The second-order valence-corrected chi connectivity index (χ2v) is 13.0. The molecule has 0 unspecified atom stereocenters. The quantitative estimate of drug-likeness (QED) is 0.627. The molecule has 0 bridgehead atoms. The molecule has 0 amide bonds. The van der Waals surface area contributed by atoms with Gasteiger partial charge < -0.3 is 19.0 Å². The molecule has 1 saturated heterocycles. The fourth-order valence-electron chi connectivity index (χ4n) is 3.08. The zero-order valence-electron chi connectivity index (χ0n) is 15.3. The maximum Gasteiger partial charge on any atom is 0.193 e. The van der Waals surface area contributed by atoms with Crippen molar-refractivity contribution in [2.45, 2.75) is 63.6 Å². The Hall–Kier alpha value is -0.533. The van der Waals surface area contributed by atoms with Crippen molar-refractivity contribution in [1.29, 1.82) is 0 Å². The molecule has 0 aromatic heterocycles. The number of ketones is 1. The van der Waals surface area contributed by atoms with Gasteiger partial charge in [-0.05, 0) is 30.6 Å². The first-order valence-corrected chi connectivity index (χ1v) is 11.1. The van der Waals surface area contributed by atoms with E-state index in [4.69, 9.17) is 13.9 Å². The number of ether oxygens (including phenoxy) is 2. The molecule has 0 aromatic carbocycles. The minimum absolute atomic E-state index is 0.0391. The first-order valence-electron chi connectivity index (χ1n) is 8.17. The van der Waals surface area contributed by atoms with Gasteiger partial charge in [0.25, 0.3) is 0 Å². The number of aliphatic hydroxyl groups is 1. The van der Waals surface area contributed by atoms with Crippen LogP contribution in [0.4, 0.5) is 0 Å². The van der Waals surface area contributed by atoms with Crippen LogP contribution in [0.5, 0.6) is 0 Å². The van der Waals surface area contributed by atoms with Gasteiger partial charge in [0.05, 0.1) is 12.7 Å². The van der Waals surface area contributed by atoms with Gasteiger partial charge in [0.15, 0.2) is 19.7 Å². The molecule has 5 nitrogen and oxygen atoms in total. The van der Waals surface area contributed by atoms with Gasteiger partial charge in [0, 0.05) is 13.0 Å². The van der Waals surface area contributed by atoms with Crippen molar-refractivity contribution in [2.75, 3.05) is 20.3 Å². The fourth-order valence-corrected chi connectivity index (χ4v) is 4.38. The van der Waals surface area contributed by atoms with Crippen LogP contribution in [-0.4, -0.2) is 57.3 Å². The number of carbonyl (C=O) groups is 1. The van der Waals surface area contributed by atoms with E-state index >= 15 is 0 Å². The van der Waals surface area contributed by atoms with Crippen LogP contribution in [0.1, 0.15) is 27.7 Å². The van der Waals surface area contributed by atoms with Gasteiger partial charge in [-0.2, -0.15) is 0 Å². The van der Waals surface area contributed by atoms with Gasteiger partial charge in [0.2, 0.25) is 0 Å². The van der Waals surface area contributed by atoms with Gasteiger partial charge >= 0.3 is 0 Å². The lowest BCUT2D eigenvalue weighted by Gasteiger charge is -2.46. The van der Waals surface area contributed by atoms with E-state index < -0.39 is 25.9 Å². The van der Waals surface area contributed by atoms with Crippen LogP contribution in [0.2, 0.25) is 18.1 Å². The Labute approximate surface area is 140 Å². The third-order valence-electron chi connectivity index (χ3n) is 5.60. The largest absolute Gasteiger partial charge is 0.407 e. The lowest BCUT2D eigenvalue weighted by molar-refractivity contribution is -0.150. The number of fused-ring (bicyclic) bond motifs is 1. The summed E-state index contributed by atoms with van der Waals surface area (Å²) in [4.78, 5) is 12.3. The Morgan fingerprint density at radius 2 is 2.04 bits per heavy atom. The van der Waals surface area contributed by atoms with E-state index in [-0.39, 0.29) is 30.1 Å². The fraction of sp³-hybridized carbons (Fsp3) is 0.824. The van der Waals surface area contributed by atoms with E-state index in [1.165, 1.54) is 0 Å². The van der Waals surface area contributed by atoms with Crippen LogP contribution in [0.3, 0.4) is 0 Å². The Bertz CT molecular complexity index is 508. The van der Waals surface area contributed by atoms with Crippen molar-refractivity contribution in [3.05, 3.63) is 11.6 Å². The molecule has 0 aromatic rings. The second-order valence-electron chi connectivity index (χ2n) is 8.25. The summed E-state index contributed by atoms with van der Waals surface area (Å²) in [6.07, 6.45) is 0.874. The molecular formula is C17H30O5Si. The van der Waals surface area contributed by atoms with E-state index in [0.717, 1.165) is 5.57 Å². The van der Waals surface area contributed by atoms with Gasteiger partial charge in [0.1, 0.15) is 12.7 Å². The highest BCUT2D eigenvalue weighted by Gasteiger charge is 2.61. The first-order chi connectivity index (χ1) is 10.4. The molecule has 0 radical (unpaired) electrons. The van der Waals surface area contributed by atoms with E-state index in [2.05, 4.69) is 33.9 Å². The zero-order chi connectivity index (χ0) is 17.6. The van der Waals surface area contributed by atoms with Crippen LogP contribution in [-0.2, 0) is 18.7 Å². The second kappa shape index (κ2) is 6.08. The Balaban J connectivity index is 2.38. The third-order valence-corrected chi connectivity index (χ3v) is 10.1. The lowest BCUT2D eigenvalue weighted by atomic mass is 9.73. The van der Waals surface area contributed by atoms with Crippen molar-refractivity contribution in [3.8, 4) is 0 Å². The molecule has 2 rings (SSSR count). The molecule has 0 saturated carbocycles. The Morgan fingerprint density at radius 1 is 1.43 bits per heavy atom. The van der Waals surface area contributed by atoms with Crippen LogP contribution in [0.15, 0.2) is 11.6 Å². The predicted octanol–water partition coefficient (Wildman–Crippen LogP) is 2.30. The molecule has 1 fully saturated rings. The van der Waals surface area contributed by atoms with Crippen molar-refractivity contribution in [3.63, 3.8) is 0 Å². The maximum atomic E-state index is 12.3. The van der Waals surface area contributed by atoms with E-state index in [1.807, 2.05) is 13.0 Å². The van der Waals surface area contributed by atoms with Crippen LogP contribution in [0, 0.1) is 5.92 Å². The van der Waals surface area contributed by atoms with E-state index in [9.17, 15) is 9.90 Å². The van der Waals surface area contributed by atoms with Gasteiger partial charge in [-0.15, -0.1) is 0 Å². The van der Waals surface area contributed by atoms with Gasteiger partial charge in [-0.25, -0.2) is 0 Å². The number of carbonyl (C=O) groups excluding carboxylic acids is 1. The number of rotatable bonds is 4. The first kappa shape index (κ1) is 18.8. The molecule has 1 N–H and O–H groups in total. The van der Waals surface area contributed by atoms with Crippen molar-refractivity contribution in [2.24, 2.45) is 5.92 Å². The average Bonchev–Trinajstić information content (AvgIpc) is 2.71. The topological polar surface area (TPSA) is 65.0 Å². The molecule has 6 heteroatoms. The number of hydrogen-bond acceptors (Lipinski definition) is 5. The van der Waals surface area contributed by atoms with Crippen molar-refractivity contribution in [1.82, 2.24) is 0 Å². The predicted molar refractivity (Wildman–Crippen MR) is 90.9 cm³/mol. The molecule has 132 valence electrons. The van der Waals surface area contributed by atoms with Crippen molar-refractivity contribution < 1.29 is 23.8 Å². The molecule has 1 heterocycles. The van der Waals surface area contributed by atoms with Gasteiger partial charge in [-0.1, -0.05) is 26.8 Å². The molecular weight excluding hydrogens is 312 g/mol. The molecule has 4 atom stereocenters. The lowest BCUT2D eigenvalue weighted by Crippen LogP contribution is -2.61. The van der Waals surface area contributed by atoms with Crippen LogP contribution in [0.25, 0.3) is 0 Å². The van der Waals surface area contributed by atoms with Crippen LogP contribution < -0.4 is 0 Å². The zero-order valence-corrected chi connectivity index (χ0v) is 16.3. The monoisotopic (exact) mass is 342 g/mol. The highest BCUT2D eigenvalue weighted by molar-refractivity contribution is 6.74. The average molecular weight is 343 g/mol. The summed E-state index contributed by atoms with van der Waals surface area (Å²) in [5.74, 6) is -0.677. The highest BCUT2D eigenvalue weighted by Crippen LogP contribution is 2.45. The normalized spacial score (nSPS) is 35.2. The highest BCUT2D eigenvalue weighted by atomic mass is 28.4. The minimum Gasteiger partial charge on any atom is -0.407 e. The maximum absolute atomic E-state index is 12.3. The number of methoxy groups -OCH3 is 1. The Kier molecular flexibility index (Phi) is 4.97. The summed E-state index contributed by atoms with van der Waals surface area (Å²) >= 11 is 0. The summed E-state index contributed by atoms with van der Waals surface area (Å²) < 4.78 is 17.4. The summed E-state index contributed by atoms with van der Waals surface area (Å²) in [5.41, 5.74) is -0.552. The van der Waals surface area contributed by atoms with Crippen LogP contribution >= 0.6 is 0 Å². The SMILES string of the molecule is COC[C@H]1C=C(C)[C@H](O[Si](C)(C)C(C)(C)C)[C@@H]2OCC(=O)[C@]12O. The summed E-state index contributed by atoms with van der Waals surface area (Å²) in [6.45, 7) is 13.0.